The van der Waals surface area contributed by atoms with Crippen molar-refractivity contribution in [2.75, 3.05) is 26.7 Å². The topological polar surface area (TPSA) is 95.0 Å². The number of aromatic nitrogens is 1. The van der Waals surface area contributed by atoms with Gasteiger partial charge >= 0.3 is 6.03 Å². The summed E-state index contributed by atoms with van der Waals surface area (Å²) >= 11 is 0. The number of fused-ring (bicyclic) bond motifs is 1. The molecule has 2 heterocycles. The first-order chi connectivity index (χ1) is 18.4. The van der Waals surface area contributed by atoms with Crippen molar-refractivity contribution in [3.63, 3.8) is 0 Å². The molecule has 0 radical (unpaired) electrons. The van der Waals surface area contributed by atoms with Gasteiger partial charge < -0.3 is 25.0 Å². The van der Waals surface area contributed by atoms with E-state index in [4.69, 9.17) is 4.74 Å². The van der Waals surface area contributed by atoms with Gasteiger partial charge in [-0.3, -0.25) is 4.79 Å². The van der Waals surface area contributed by atoms with Crippen molar-refractivity contribution in [3.05, 3.63) is 59.3 Å². The molecular weight excluding hydrogens is 480 g/mol. The van der Waals surface area contributed by atoms with Gasteiger partial charge in [-0.15, -0.1) is 0 Å². The third-order valence-electron chi connectivity index (χ3n) is 7.54. The van der Waals surface area contributed by atoms with Crippen LogP contribution in [0.4, 0.5) is 4.79 Å². The van der Waals surface area contributed by atoms with Crippen molar-refractivity contribution < 1.29 is 19.4 Å². The molecule has 2 aromatic rings. The van der Waals surface area contributed by atoms with Crippen LogP contribution >= 0.6 is 0 Å². The number of aliphatic hydroxyl groups excluding tert-OH is 1. The second kappa shape index (κ2) is 12.9. The minimum atomic E-state index is -0.379. The van der Waals surface area contributed by atoms with E-state index in [2.05, 4.69) is 10.3 Å². The van der Waals surface area contributed by atoms with E-state index >= 15 is 0 Å². The normalized spacial score (nSPS) is 21.3. The highest BCUT2D eigenvalue weighted by molar-refractivity contribution is 5.97. The first-order valence-electron chi connectivity index (χ1n) is 13.7. The summed E-state index contributed by atoms with van der Waals surface area (Å²) in [5.74, 6) is -0.0668. The molecule has 38 heavy (non-hydrogen) atoms. The maximum atomic E-state index is 13.6. The second-order valence-corrected chi connectivity index (χ2v) is 10.7. The number of amides is 3. The minimum absolute atomic E-state index is 0.0921. The maximum absolute atomic E-state index is 13.6. The fourth-order valence-electron chi connectivity index (χ4n) is 5.07. The Morgan fingerprint density at radius 1 is 1.21 bits per heavy atom. The van der Waals surface area contributed by atoms with Gasteiger partial charge in [0.1, 0.15) is 11.7 Å². The molecule has 0 bridgehead atoms. The van der Waals surface area contributed by atoms with Crippen LogP contribution in [-0.2, 0) is 0 Å². The summed E-state index contributed by atoms with van der Waals surface area (Å²) in [6.45, 7) is 4.44. The van der Waals surface area contributed by atoms with E-state index in [-0.39, 0.29) is 48.5 Å². The van der Waals surface area contributed by atoms with Gasteiger partial charge in [0.2, 0.25) is 5.88 Å². The highest BCUT2D eigenvalue weighted by Crippen LogP contribution is 2.28. The van der Waals surface area contributed by atoms with Crippen molar-refractivity contribution in [1.29, 1.82) is 0 Å². The molecule has 204 valence electrons. The van der Waals surface area contributed by atoms with Crippen LogP contribution in [0.3, 0.4) is 0 Å². The van der Waals surface area contributed by atoms with Gasteiger partial charge in [-0.25, -0.2) is 9.78 Å². The molecule has 8 heteroatoms. The molecule has 0 spiro atoms. The Balaban J connectivity index is 1.56. The van der Waals surface area contributed by atoms with Gasteiger partial charge in [-0.05, 0) is 37.0 Å². The van der Waals surface area contributed by atoms with E-state index in [0.717, 1.165) is 36.8 Å². The molecule has 3 amide bonds. The van der Waals surface area contributed by atoms with E-state index in [1.165, 1.54) is 6.42 Å². The number of rotatable bonds is 7. The number of carbonyl (C=O) groups excluding carboxylic acids is 2. The zero-order chi connectivity index (χ0) is 27.1. The summed E-state index contributed by atoms with van der Waals surface area (Å²) in [5, 5.41) is 13.1. The van der Waals surface area contributed by atoms with Crippen LogP contribution in [-0.4, -0.2) is 76.8 Å². The summed E-state index contributed by atoms with van der Waals surface area (Å²) < 4.78 is 6.34. The molecule has 0 saturated heterocycles. The number of ether oxygens (including phenoxy) is 1. The van der Waals surface area contributed by atoms with Crippen molar-refractivity contribution in [1.82, 2.24) is 20.1 Å². The zero-order valence-electron chi connectivity index (χ0n) is 22.7. The molecule has 2 aliphatic rings. The number of urea groups is 1. The van der Waals surface area contributed by atoms with Crippen LogP contribution < -0.4 is 10.1 Å². The van der Waals surface area contributed by atoms with Crippen molar-refractivity contribution in [3.8, 4) is 5.88 Å². The van der Waals surface area contributed by atoms with E-state index < -0.39 is 0 Å². The summed E-state index contributed by atoms with van der Waals surface area (Å²) in [5.41, 5.74) is 2.17. The van der Waals surface area contributed by atoms with Crippen LogP contribution in [0.5, 0.6) is 5.88 Å². The largest absolute Gasteiger partial charge is 0.472 e. The maximum Gasteiger partial charge on any atom is 0.317 e. The number of likely N-dealkylation sites (N-methyl/N-ethyl adjacent to an activating group) is 1. The Kier molecular flexibility index (Phi) is 9.39. The first-order valence-corrected chi connectivity index (χ1v) is 13.7. The third-order valence-corrected chi connectivity index (χ3v) is 7.54. The average molecular weight is 521 g/mol. The quantitative estimate of drug-likeness (QED) is 0.563. The second-order valence-electron chi connectivity index (χ2n) is 10.7. The molecule has 1 saturated carbocycles. The lowest BCUT2D eigenvalue weighted by atomic mass is 9.96. The Labute approximate surface area is 225 Å². The minimum Gasteiger partial charge on any atom is -0.472 e. The lowest BCUT2D eigenvalue weighted by molar-refractivity contribution is 0.0351. The summed E-state index contributed by atoms with van der Waals surface area (Å²) in [4.78, 5) is 34.4. The summed E-state index contributed by atoms with van der Waals surface area (Å²) in [6, 6.07) is 11.4. The number of aliphatic hydroxyl groups is 1. The molecule has 2 N–H and O–H groups in total. The molecule has 3 atom stereocenters. The fraction of sp³-hybridized carbons (Fsp3) is 0.500. The van der Waals surface area contributed by atoms with Gasteiger partial charge in [-0.1, -0.05) is 68.7 Å². The molecule has 1 aliphatic heterocycles. The zero-order valence-corrected chi connectivity index (χ0v) is 22.7. The van der Waals surface area contributed by atoms with Crippen LogP contribution in [0.2, 0.25) is 0 Å². The van der Waals surface area contributed by atoms with Crippen molar-refractivity contribution >= 4 is 24.1 Å². The number of carbonyl (C=O) groups is 2. The number of nitrogens with one attached hydrogen (secondary N) is 1. The van der Waals surface area contributed by atoms with E-state index in [9.17, 15) is 14.7 Å². The number of nitrogens with zero attached hydrogens (tertiary/aromatic N) is 3. The predicted molar refractivity (Wildman–Crippen MR) is 149 cm³/mol. The van der Waals surface area contributed by atoms with E-state index in [1.807, 2.05) is 56.3 Å². The van der Waals surface area contributed by atoms with Crippen LogP contribution in [0, 0.1) is 5.92 Å². The Bertz CT molecular complexity index is 1120. The molecule has 1 aliphatic carbocycles. The van der Waals surface area contributed by atoms with Gasteiger partial charge in [0.25, 0.3) is 5.91 Å². The van der Waals surface area contributed by atoms with Crippen molar-refractivity contribution in [2.24, 2.45) is 5.92 Å². The van der Waals surface area contributed by atoms with Gasteiger partial charge in [0.15, 0.2) is 0 Å². The fourth-order valence-corrected chi connectivity index (χ4v) is 5.07. The van der Waals surface area contributed by atoms with Crippen molar-refractivity contribution in [2.45, 2.75) is 64.1 Å². The molecule has 0 unspecified atom stereocenters. The third kappa shape index (κ3) is 6.92. The Hall–Kier alpha value is -3.39. The highest BCUT2D eigenvalue weighted by atomic mass is 16.5. The number of hydrogen-bond donors (Lipinski definition) is 2. The average Bonchev–Trinajstić information content (AvgIpc) is 2.94. The molecule has 8 nitrogen and oxygen atoms in total. The smallest absolute Gasteiger partial charge is 0.317 e. The lowest BCUT2D eigenvalue weighted by Crippen LogP contribution is -2.52. The van der Waals surface area contributed by atoms with Crippen LogP contribution in [0.1, 0.15) is 67.4 Å². The number of pyridine rings is 1. The first kappa shape index (κ1) is 27.6. The number of hydrogen-bond acceptors (Lipinski definition) is 5. The SMILES string of the molecule is C[C@@H]1CN([C@@H](C)CO)C(=O)c2cc(/C=C/c3ccccc3)cnc2O[C@H]1CN(C)C(=O)NC1CCCCC1. The molecule has 4 rings (SSSR count). The molecular formula is C30H40N4O4. The standard InChI is InChI=1S/C30H40N4O4/c1-21-18-34(22(2)20-35)29(36)26-16-24(15-14-23-10-6-4-7-11-23)17-31-28(26)38-27(21)19-33(3)30(37)32-25-12-8-5-9-13-25/h4,6-7,10-11,14-17,21-22,25,27,35H,5,8-9,12-13,18-20H2,1-3H3,(H,32,37)/b15-14+/t21-,22+,27+/m1/s1. The predicted octanol–water partition coefficient (Wildman–Crippen LogP) is 4.45. The Morgan fingerprint density at radius 3 is 2.63 bits per heavy atom. The summed E-state index contributed by atoms with van der Waals surface area (Å²) in [7, 11) is 1.78. The highest BCUT2D eigenvalue weighted by Gasteiger charge is 2.35. The van der Waals surface area contributed by atoms with Gasteiger partial charge in [-0.2, -0.15) is 0 Å². The van der Waals surface area contributed by atoms with Crippen LogP contribution in [0.25, 0.3) is 12.2 Å². The lowest BCUT2D eigenvalue weighted by Gasteiger charge is -2.38. The molecule has 1 aromatic carbocycles. The Morgan fingerprint density at radius 2 is 1.92 bits per heavy atom. The van der Waals surface area contributed by atoms with E-state index in [1.54, 1.807) is 29.1 Å². The van der Waals surface area contributed by atoms with E-state index in [0.29, 0.717) is 18.7 Å². The summed E-state index contributed by atoms with van der Waals surface area (Å²) in [6.07, 6.45) is 10.8. The molecule has 1 fully saturated rings. The molecule has 1 aromatic heterocycles. The monoisotopic (exact) mass is 520 g/mol. The van der Waals surface area contributed by atoms with Gasteiger partial charge in [0, 0.05) is 31.7 Å². The number of benzene rings is 1. The van der Waals surface area contributed by atoms with Gasteiger partial charge in [0.05, 0.1) is 19.2 Å². The van der Waals surface area contributed by atoms with Crippen LogP contribution in [0.15, 0.2) is 42.6 Å².